The van der Waals surface area contributed by atoms with Gasteiger partial charge in [-0.25, -0.2) is 4.79 Å². The summed E-state index contributed by atoms with van der Waals surface area (Å²) in [5.74, 6) is -0.253. The maximum atomic E-state index is 10.7. The zero-order chi connectivity index (χ0) is 7.98. The van der Waals surface area contributed by atoms with Crippen LogP contribution in [0.5, 0.6) is 0 Å². The topological polar surface area (TPSA) is 26.3 Å². The molecule has 0 spiro atoms. The average molecular weight is 142 g/mol. The van der Waals surface area contributed by atoms with Crippen molar-refractivity contribution >= 4 is 5.97 Å². The van der Waals surface area contributed by atoms with Crippen molar-refractivity contribution in [3.63, 3.8) is 0 Å². The summed E-state index contributed by atoms with van der Waals surface area (Å²) in [6.45, 7) is 5.65. The van der Waals surface area contributed by atoms with Crippen molar-refractivity contribution in [1.29, 1.82) is 0 Å². The minimum atomic E-state index is -0.253. The van der Waals surface area contributed by atoms with E-state index in [9.17, 15) is 4.79 Å². The Hall–Kier alpha value is -0.790. The highest BCUT2D eigenvalue weighted by Crippen LogP contribution is 1.96. The van der Waals surface area contributed by atoms with E-state index >= 15 is 0 Å². The van der Waals surface area contributed by atoms with E-state index in [1.807, 2.05) is 13.8 Å². The molecular formula is C8H14O2. The van der Waals surface area contributed by atoms with Crippen molar-refractivity contribution in [3.05, 3.63) is 12.2 Å². The van der Waals surface area contributed by atoms with Gasteiger partial charge in [0.15, 0.2) is 0 Å². The quantitative estimate of drug-likeness (QED) is 0.444. The smallest absolute Gasteiger partial charge is 0.330 e. The summed E-state index contributed by atoms with van der Waals surface area (Å²) in [6, 6.07) is 0. The lowest BCUT2D eigenvalue weighted by Gasteiger charge is -2.07. The predicted octanol–water partition coefficient (Wildman–Crippen LogP) is 1.90. The molecule has 0 unspecified atom stereocenters. The zero-order valence-corrected chi connectivity index (χ0v) is 6.76. The van der Waals surface area contributed by atoms with Gasteiger partial charge in [-0.15, -0.1) is 0 Å². The molecule has 1 atom stereocenters. The Balaban J connectivity index is 3.57. The van der Waals surface area contributed by atoms with E-state index in [0.717, 1.165) is 6.42 Å². The van der Waals surface area contributed by atoms with Gasteiger partial charge in [-0.2, -0.15) is 0 Å². The van der Waals surface area contributed by atoms with Crippen LogP contribution in [0.15, 0.2) is 12.2 Å². The van der Waals surface area contributed by atoms with Crippen LogP contribution in [0.2, 0.25) is 0 Å². The van der Waals surface area contributed by atoms with Crippen LogP contribution in [0.3, 0.4) is 0 Å². The number of allylic oxidation sites excluding steroid dienone is 1. The van der Waals surface area contributed by atoms with E-state index in [-0.39, 0.29) is 12.1 Å². The molecule has 58 valence electrons. The molecule has 2 nitrogen and oxygen atoms in total. The molecule has 0 fully saturated rings. The molecule has 0 aliphatic rings. The van der Waals surface area contributed by atoms with Crippen LogP contribution in [0.1, 0.15) is 27.2 Å². The van der Waals surface area contributed by atoms with Gasteiger partial charge in [0.2, 0.25) is 0 Å². The summed E-state index contributed by atoms with van der Waals surface area (Å²) >= 11 is 0. The Kier molecular flexibility index (Phi) is 4.63. The van der Waals surface area contributed by atoms with Crippen molar-refractivity contribution in [1.82, 2.24) is 0 Å². The number of ether oxygens (including phenoxy) is 1. The maximum Gasteiger partial charge on any atom is 0.330 e. The van der Waals surface area contributed by atoms with Gasteiger partial charge in [0.25, 0.3) is 0 Å². The Morgan fingerprint density at radius 1 is 1.70 bits per heavy atom. The summed E-state index contributed by atoms with van der Waals surface area (Å²) in [7, 11) is 0. The molecule has 0 aromatic heterocycles. The van der Waals surface area contributed by atoms with Crippen molar-refractivity contribution in [2.75, 3.05) is 0 Å². The minimum absolute atomic E-state index is 0.0312. The Morgan fingerprint density at radius 2 is 2.30 bits per heavy atom. The lowest BCUT2D eigenvalue weighted by atomic mass is 10.3. The van der Waals surface area contributed by atoms with E-state index in [2.05, 4.69) is 0 Å². The van der Waals surface area contributed by atoms with Crippen molar-refractivity contribution in [2.45, 2.75) is 33.3 Å². The fourth-order valence-corrected chi connectivity index (χ4v) is 0.457. The minimum Gasteiger partial charge on any atom is -0.460 e. The summed E-state index contributed by atoms with van der Waals surface area (Å²) in [5.41, 5.74) is 0. The normalized spacial score (nSPS) is 13.5. The lowest BCUT2D eigenvalue weighted by molar-refractivity contribution is -0.142. The molecule has 0 radical (unpaired) electrons. The number of rotatable bonds is 3. The molecule has 0 saturated heterocycles. The van der Waals surface area contributed by atoms with E-state index in [0.29, 0.717) is 0 Å². The summed E-state index contributed by atoms with van der Waals surface area (Å²) in [4.78, 5) is 10.7. The molecule has 10 heavy (non-hydrogen) atoms. The monoisotopic (exact) mass is 142 g/mol. The van der Waals surface area contributed by atoms with Gasteiger partial charge in [0.1, 0.15) is 0 Å². The van der Waals surface area contributed by atoms with Crippen molar-refractivity contribution in [3.8, 4) is 0 Å². The van der Waals surface area contributed by atoms with Crippen LogP contribution in [0.4, 0.5) is 0 Å². The SMILES string of the molecule is C/C=C\C(=O)O[C@@H](C)CC. The maximum absolute atomic E-state index is 10.7. The van der Waals surface area contributed by atoms with Gasteiger partial charge in [0.05, 0.1) is 6.10 Å². The third kappa shape index (κ3) is 4.13. The van der Waals surface area contributed by atoms with Gasteiger partial charge in [-0.05, 0) is 20.3 Å². The van der Waals surface area contributed by atoms with Gasteiger partial charge in [-0.1, -0.05) is 13.0 Å². The number of hydrogen-bond acceptors (Lipinski definition) is 2. The summed E-state index contributed by atoms with van der Waals surface area (Å²) in [5, 5.41) is 0. The first kappa shape index (κ1) is 9.21. The van der Waals surface area contributed by atoms with Crippen molar-refractivity contribution in [2.24, 2.45) is 0 Å². The molecule has 0 N–H and O–H groups in total. The molecule has 0 heterocycles. The Bertz CT molecular complexity index is 127. The van der Waals surface area contributed by atoms with Gasteiger partial charge < -0.3 is 4.74 Å². The standard InChI is InChI=1S/C8H14O2/c1-4-6-8(9)10-7(3)5-2/h4,6-7H,5H2,1-3H3/b6-4-/t7-/m0/s1. The third-order valence-electron chi connectivity index (χ3n) is 1.20. The molecule has 0 bridgehead atoms. The van der Waals surface area contributed by atoms with Crippen LogP contribution >= 0.6 is 0 Å². The molecule has 2 heteroatoms. The van der Waals surface area contributed by atoms with E-state index in [1.165, 1.54) is 6.08 Å². The number of carbonyl (C=O) groups excluding carboxylic acids is 1. The first-order valence-corrected chi connectivity index (χ1v) is 3.54. The second kappa shape index (κ2) is 5.03. The Morgan fingerprint density at radius 3 is 2.70 bits per heavy atom. The molecule has 0 aromatic carbocycles. The molecule has 0 saturated carbocycles. The number of carbonyl (C=O) groups is 1. The highest BCUT2D eigenvalue weighted by molar-refractivity contribution is 5.81. The molecule has 0 amide bonds. The molecule has 0 aromatic rings. The van der Waals surface area contributed by atoms with Crippen LogP contribution in [-0.2, 0) is 9.53 Å². The summed E-state index contributed by atoms with van der Waals surface area (Å²) in [6.07, 6.45) is 3.99. The number of esters is 1. The predicted molar refractivity (Wildman–Crippen MR) is 40.7 cm³/mol. The Labute approximate surface area is 61.9 Å². The zero-order valence-electron chi connectivity index (χ0n) is 6.76. The summed E-state index contributed by atoms with van der Waals surface area (Å²) < 4.78 is 4.91. The second-order valence-electron chi connectivity index (χ2n) is 2.16. The lowest BCUT2D eigenvalue weighted by Crippen LogP contribution is -2.11. The molecule has 0 aliphatic carbocycles. The fraction of sp³-hybridized carbons (Fsp3) is 0.625. The highest BCUT2D eigenvalue weighted by atomic mass is 16.5. The average Bonchev–Trinajstić information content (AvgIpc) is 1.88. The molecular weight excluding hydrogens is 128 g/mol. The first-order chi connectivity index (χ1) is 4.70. The van der Waals surface area contributed by atoms with Crippen LogP contribution in [-0.4, -0.2) is 12.1 Å². The van der Waals surface area contributed by atoms with E-state index < -0.39 is 0 Å². The van der Waals surface area contributed by atoms with E-state index in [4.69, 9.17) is 4.74 Å². The van der Waals surface area contributed by atoms with Gasteiger partial charge in [-0.3, -0.25) is 0 Å². The number of hydrogen-bond donors (Lipinski definition) is 0. The highest BCUT2D eigenvalue weighted by Gasteiger charge is 2.01. The molecule has 0 aliphatic heterocycles. The molecule has 0 rings (SSSR count). The van der Waals surface area contributed by atoms with Crippen molar-refractivity contribution < 1.29 is 9.53 Å². The van der Waals surface area contributed by atoms with Crippen LogP contribution in [0.25, 0.3) is 0 Å². The first-order valence-electron chi connectivity index (χ1n) is 3.54. The third-order valence-corrected chi connectivity index (χ3v) is 1.20. The van der Waals surface area contributed by atoms with Crippen LogP contribution < -0.4 is 0 Å². The van der Waals surface area contributed by atoms with Gasteiger partial charge >= 0.3 is 5.97 Å². The van der Waals surface area contributed by atoms with Crippen LogP contribution in [0, 0.1) is 0 Å². The fourth-order valence-electron chi connectivity index (χ4n) is 0.457. The van der Waals surface area contributed by atoms with Gasteiger partial charge in [0, 0.05) is 6.08 Å². The largest absolute Gasteiger partial charge is 0.460 e. The second-order valence-corrected chi connectivity index (χ2v) is 2.16. The van der Waals surface area contributed by atoms with E-state index in [1.54, 1.807) is 13.0 Å².